The van der Waals surface area contributed by atoms with E-state index in [0.29, 0.717) is 0 Å². The molecule has 2 rings (SSSR count). The number of nitrogens with zero attached hydrogens (tertiary/aromatic N) is 4. The monoisotopic (exact) mass is 266 g/mol. The number of carbonyl (C=O) groups is 1. The van der Waals surface area contributed by atoms with Crippen LogP contribution in [0.15, 0.2) is 16.9 Å². The second-order valence-corrected chi connectivity index (χ2v) is 3.85. The van der Waals surface area contributed by atoms with Gasteiger partial charge < -0.3 is 4.74 Å². The normalized spacial score (nSPS) is 10.5. The summed E-state index contributed by atoms with van der Waals surface area (Å²) in [6, 6.07) is 2.43. The van der Waals surface area contributed by atoms with E-state index < -0.39 is 17.5 Å². The summed E-state index contributed by atoms with van der Waals surface area (Å²) in [6.07, 6.45) is 0. The maximum absolute atomic E-state index is 13.5. The van der Waals surface area contributed by atoms with Gasteiger partial charge in [0.05, 0.1) is 18.4 Å². The highest BCUT2D eigenvalue weighted by Gasteiger charge is 2.21. The molecule has 0 saturated heterocycles. The molecule has 0 aliphatic heterocycles. The van der Waals surface area contributed by atoms with Crippen molar-refractivity contribution in [3.63, 3.8) is 0 Å². The first-order valence-electron chi connectivity index (χ1n) is 5.34. The third-order valence-corrected chi connectivity index (χ3v) is 2.72. The third-order valence-electron chi connectivity index (χ3n) is 2.72. The van der Waals surface area contributed by atoms with E-state index in [1.54, 1.807) is 0 Å². The molecule has 0 atom stereocenters. The predicted octanol–water partition coefficient (Wildman–Crippen LogP) is 0.200. The van der Waals surface area contributed by atoms with E-state index in [1.807, 2.05) is 0 Å². The Labute approximate surface area is 107 Å². The van der Waals surface area contributed by atoms with Crippen LogP contribution >= 0.6 is 0 Å². The van der Waals surface area contributed by atoms with Gasteiger partial charge in [0.2, 0.25) is 0 Å². The van der Waals surface area contributed by atoms with Gasteiger partial charge in [-0.05, 0) is 29.5 Å². The molecule has 1 heterocycles. The highest BCUT2D eigenvalue weighted by atomic mass is 19.1. The number of aromatic nitrogens is 4. The molecular formula is C11H11FN4O3. The SMILES string of the molecule is COC(=O)c1c(-n2nnn(C)c2=O)ccc(F)c1C. The molecule has 0 radical (unpaired) electrons. The Morgan fingerprint density at radius 3 is 2.58 bits per heavy atom. The Morgan fingerprint density at radius 2 is 2.05 bits per heavy atom. The summed E-state index contributed by atoms with van der Waals surface area (Å²) < 4.78 is 20.1. The maximum atomic E-state index is 13.5. The van der Waals surface area contributed by atoms with E-state index in [1.165, 1.54) is 27.1 Å². The molecular weight excluding hydrogens is 255 g/mol. The number of halogens is 1. The van der Waals surface area contributed by atoms with Gasteiger partial charge in [-0.1, -0.05) is 0 Å². The average Bonchev–Trinajstić information content (AvgIpc) is 2.72. The zero-order chi connectivity index (χ0) is 14.2. The third kappa shape index (κ3) is 2.01. The van der Waals surface area contributed by atoms with Crippen LogP contribution in [0.5, 0.6) is 0 Å². The molecule has 19 heavy (non-hydrogen) atoms. The predicted molar refractivity (Wildman–Crippen MR) is 62.6 cm³/mol. The molecule has 0 N–H and O–H groups in total. The van der Waals surface area contributed by atoms with Crippen molar-refractivity contribution in [2.45, 2.75) is 6.92 Å². The second kappa shape index (κ2) is 4.63. The molecule has 1 aromatic carbocycles. The Kier molecular flexibility index (Phi) is 3.16. The molecule has 0 amide bonds. The molecule has 1 aromatic heterocycles. The fourth-order valence-electron chi connectivity index (χ4n) is 1.67. The highest BCUT2D eigenvalue weighted by molar-refractivity contribution is 5.95. The number of tetrazole rings is 1. The van der Waals surface area contributed by atoms with E-state index in [-0.39, 0.29) is 16.8 Å². The van der Waals surface area contributed by atoms with Crippen molar-refractivity contribution in [3.05, 3.63) is 39.6 Å². The summed E-state index contributed by atoms with van der Waals surface area (Å²) in [5.41, 5.74) is -0.382. The molecule has 0 bridgehead atoms. The Morgan fingerprint density at radius 1 is 1.37 bits per heavy atom. The summed E-state index contributed by atoms with van der Waals surface area (Å²) in [4.78, 5) is 23.5. The number of hydrogen-bond acceptors (Lipinski definition) is 5. The number of rotatable bonds is 2. The minimum Gasteiger partial charge on any atom is -0.465 e. The van der Waals surface area contributed by atoms with Gasteiger partial charge >= 0.3 is 11.7 Å². The number of methoxy groups -OCH3 is 1. The smallest absolute Gasteiger partial charge is 0.368 e. The van der Waals surface area contributed by atoms with Gasteiger partial charge in [-0.15, -0.1) is 0 Å². The number of aryl methyl sites for hydroxylation is 1. The molecule has 7 nitrogen and oxygen atoms in total. The van der Waals surface area contributed by atoms with Crippen LogP contribution in [0.3, 0.4) is 0 Å². The fraction of sp³-hybridized carbons (Fsp3) is 0.273. The molecule has 0 saturated carbocycles. The lowest BCUT2D eigenvalue weighted by Crippen LogP contribution is -2.24. The number of carbonyl (C=O) groups excluding carboxylic acids is 1. The lowest BCUT2D eigenvalue weighted by atomic mass is 10.1. The van der Waals surface area contributed by atoms with E-state index in [0.717, 1.165) is 15.4 Å². The Bertz CT molecular complexity index is 704. The minimum absolute atomic E-state index is 0.0508. The van der Waals surface area contributed by atoms with Crippen LogP contribution in [-0.2, 0) is 11.8 Å². The van der Waals surface area contributed by atoms with Crippen LogP contribution in [0.25, 0.3) is 5.69 Å². The van der Waals surface area contributed by atoms with Gasteiger partial charge in [0, 0.05) is 12.6 Å². The van der Waals surface area contributed by atoms with E-state index >= 15 is 0 Å². The zero-order valence-corrected chi connectivity index (χ0v) is 10.5. The minimum atomic E-state index is -0.746. The number of hydrogen-bond donors (Lipinski definition) is 0. The molecule has 0 fully saturated rings. The zero-order valence-electron chi connectivity index (χ0n) is 10.5. The van der Waals surface area contributed by atoms with Crippen molar-refractivity contribution < 1.29 is 13.9 Å². The Balaban J connectivity index is 2.77. The van der Waals surface area contributed by atoms with Crippen molar-refractivity contribution >= 4 is 5.97 Å². The molecule has 0 unspecified atom stereocenters. The van der Waals surface area contributed by atoms with E-state index in [4.69, 9.17) is 0 Å². The standard InChI is InChI=1S/C11H11FN4O3/c1-6-7(12)4-5-8(9(6)10(17)19-3)16-11(18)15(2)13-14-16/h4-5H,1-3H3. The lowest BCUT2D eigenvalue weighted by molar-refractivity contribution is 0.0599. The van der Waals surface area contributed by atoms with E-state index in [2.05, 4.69) is 15.2 Å². The van der Waals surface area contributed by atoms with Gasteiger partial charge in [-0.3, -0.25) is 0 Å². The quantitative estimate of drug-likeness (QED) is 0.725. The van der Waals surface area contributed by atoms with Crippen LogP contribution in [0.4, 0.5) is 4.39 Å². The summed E-state index contributed by atoms with van der Waals surface area (Å²) in [5, 5.41) is 7.16. The van der Waals surface area contributed by atoms with Gasteiger partial charge in [-0.2, -0.15) is 9.36 Å². The topological polar surface area (TPSA) is 79.0 Å². The van der Waals surface area contributed by atoms with Crippen molar-refractivity contribution in [2.75, 3.05) is 7.11 Å². The van der Waals surface area contributed by atoms with Gasteiger partial charge in [0.1, 0.15) is 5.82 Å². The number of ether oxygens (including phenoxy) is 1. The average molecular weight is 266 g/mol. The van der Waals surface area contributed by atoms with Crippen LogP contribution in [0.2, 0.25) is 0 Å². The molecule has 0 aliphatic carbocycles. The lowest BCUT2D eigenvalue weighted by Gasteiger charge is -2.09. The number of esters is 1. The van der Waals surface area contributed by atoms with Crippen LogP contribution in [0, 0.1) is 12.7 Å². The Hall–Kier alpha value is -2.51. The van der Waals surface area contributed by atoms with Crippen molar-refractivity contribution in [1.29, 1.82) is 0 Å². The largest absolute Gasteiger partial charge is 0.465 e. The first kappa shape index (κ1) is 12.9. The van der Waals surface area contributed by atoms with Crippen LogP contribution in [-0.4, -0.2) is 32.9 Å². The second-order valence-electron chi connectivity index (χ2n) is 3.85. The molecule has 0 spiro atoms. The fourth-order valence-corrected chi connectivity index (χ4v) is 1.67. The van der Waals surface area contributed by atoms with E-state index in [9.17, 15) is 14.0 Å². The van der Waals surface area contributed by atoms with Gasteiger partial charge in [0.25, 0.3) is 0 Å². The number of benzene rings is 1. The highest BCUT2D eigenvalue weighted by Crippen LogP contribution is 2.20. The maximum Gasteiger partial charge on any atom is 0.368 e. The van der Waals surface area contributed by atoms with Crippen LogP contribution in [0.1, 0.15) is 15.9 Å². The summed E-state index contributed by atoms with van der Waals surface area (Å²) in [5.74, 6) is -1.31. The molecule has 0 aliphatic rings. The molecule has 2 aromatic rings. The summed E-state index contributed by atoms with van der Waals surface area (Å²) in [6.45, 7) is 1.42. The van der Waals surface area contributed by atoms with Crippen molar-refractivity contribution in [2.24, 2.45) is 7.05 Å². The molecule has 8 heteroatoms. The van der Waals surface area contributed by atoms with Gasteiger partial charge in [-0.25, -0.2) is 14.0 Å². The summed E-state index contributed by atoms with van der Waals surface area (Å²) >= 11 is 0. The van der Waals surface area contributed by atoms with Crippen molar-refractivity contribution in [3.8, 4) is 5.69 Å². The summed E-state index contributed by atoms with van der Waals surface area (Å²) in [7, 11) is 2.59. The van der Waals surface area contributed by atoms with Crippen LogP contribution < -0.4 is 5.69 Å². The first-order valence-corrected chi connectivity index (χ1v) is 5.34. The molecule has 100 valence electrons. The van der Waals surface area contributed by atoms with Gasteiger partial charge in [0.15, 0.2) is 0 Å². The first-order chi connectivity index (χ1) is 8.97. The van der Waals surface area contributed by atoms with Crippen molar-refractivity contribution in [1.82, 2.24) is 19.8 Å².